The average Bonchev–Trinajstić information content (AvgIpc) is 2.64. The van der Waals surface area contributed by atoms with Crippen LogP contribution in [0.25, 0.3) is 0 Å². The van der Waals surface area contributed by atoms with Gasteiger partial charge in [-0.3, -0.25) is 14.4 Å². The van der Waals surface area contributed by atoms with Gasteiger partial charge in [0.25, 0.3) is 11.8 Å². The fraction of sp³-hybridized carbons (Fsp3) is 0.250. The number of anilines is 1. The Kier molecular flexibility index (Phi) is 7.12. The second-order valence-corrected chi connectivity index (χ2v) is 6.63. The lowest BCUT2D eigenvalue weighted by atomic mass is 10.1. The van der Waals surface area contributed by atoms with E-state index in [1.165, 1.54) is 13.0 Å². The van der Waals surface area contributed by atoms with E-state index in [9.17, 15) is 18.8 Å². The van der Waals surface area contributed by atoms with Crippen molar-refractivity contribution in [2.75, 3.05) is 11.9 Å². The zero-order valence-corrected chi connectivity index (χ0v) is 16.4. The molecule has 0 aromatic heterocycles. The summed E-state index contributed by atoms with van der Waals surface area (Å²) in [5, 5.41) is 4.91. The molecule has 0 unspecified atom stereocenters. The minimum Gasteiger partial charge on any atom is -0.451 e. The third-order valence-corrected chi connectivity index (χ3v) is 4.34. The Morgan fingerprint density at radius 2 is 1.82 bits per heavy atom. The summed E-state index contributed by atoms with van der Waals surface area (Å²) in [6.45, 7) is 4.80. The Morgan fingerprint density at radius 3 is 2.46 bits per heavy atom. The minimum atomic E-state index is -1.13. The lowest BCUT2D eigenvalue weighted by Gasteiger charge is -2.14. The summed E-state index contributed by atoms with van der Waals surface area (Å²) in [4.78, 5) is 36.1. The summed E-state index contributed by atoms with van der Waals surface area (Å²) in [6, 6.07) is 8.68. The molecule has 0 fully saturated rings. The lowest BCUT2D eigenvalue weighted by Crippen LogP contribution is -2.35. The first-order valence-electron chi connectivity index (χ1n) is 8.48. The predicted molar refractivity (Wildman–Crippen MR) is 104 cm³/mol. The van der Waals surface area contributed by atoms with Crippen LogP contribution in [0.2, 0.25) is 5.02 Å². The number of aryl methyl sites for hydroxylation is 2. The van der Waals surface area contributed by atoms with Crippen molar-refractivity contribution in [2.45, 2.75) is 26.9 Å². The van der Waals surface area contributed by atoms with Crippen LogP contribution in [0.3, 0.4) is 0 Å². The van der Waals surface area contributed by atoms with Crippen molar-refractivity contribution in [3.05, 3.63) is 63.9 Å². The van der Waals surface area contributed by atoms with Gasteiger partial charge in [0.15, 0.2) is 6.10 Å². The fourth-order valence-electron chi connectivity index (χ4n) is 2.25. The topological polar surface area (TPSA) is 84.5 Å². The van der Waals surface area contributed by atoms with Gasteiger partial charge >= 0.3 is 5.97 Å². The highest BCUT2D eigenvalue weighted by atomic mass is 35.5. The molecular weight excluding hydrogens is 387 g/mol. The highest BCUT2D eigenvalue weighted by Gasteiger charge is 2.19. The molecule has 0 heterocycles. The number of carbonyl (C=O) groups is 3. The van der Waals surface area contributed by atoms with E-state index in [4.69, 9.17) is 16.3 Å². The van der Waals surface area contributed by atoms with Crippen LogP contribution in [0, 0.1) is 19.7 Å². The smallest absolute Gasteiger partial charge is 0.326 e. The van der Waals surface area contributed by atoms with Gasteiger partial charge in [0, 0.05) is 5.56 Å². The number of nitrogens with one attached hydrogen (secondary N) is 2. The highest BCUT2D eigenvalue weighted by molar-refractivity contribution is 6.33. The number of hydrogen-bond donors (Lipinski definition) is 2. The van der Waals surface area contributed by atoms with Gasteiger partial charge in [-0.25, -0.2) is 4.39 Å². The molecule has 0 aliphatic heterocycles. The number of benzene rings is 2. The number of hydrogen-bond acceptors (Lipinski definition) is 4. The Morgan fingerprint density at radius 1 is 1.11 bits per heavy atom. The van der Waals surface area contributed by atoms with Crippen molar-refractivity contribution in [3.63, 3.8) is 0 Å². The van der Waals surface area contributed by atoms with Gasteiger partial charge < -0.3 is 15.4 Å². The van der Waals surface area contributed by atoms with Gasteiger partial charge in [-0.2, -0.15) is 0 Å². The molecule has 2 N–H and O–H groups in total. The Bertz CT molecular complexity index is 917. The number of esters is 1. The molecule has 0 aliphatic rings. The van der Waals surface area contributed by atoms with E-state index in [1.54, 1.807) is 12.1 Å². The monoisotopic (exact) mass is 406 g/mol. The molecule has 8 heteroatoms. The van der Waals surface area contributed by atoms with Gasteiger partial charge in [-0.05, 0) is 62.2 Å². The first-order chi connectivity index (χ1) is 13.2. The molecule has 6 nitrogen and oxygen atoms in total. The summed E-state index contributed by atoms with van der Waals surface area (Å²) in [5.41, 5.74) is 2.63. The van der Waals surface area contributed by atoms with E-state index < -0.39 is 29.7 Å². The van der Waals surface area contributed by atoms with E-state index >= 15 is 0 Å². The van der Waals surface area contributed by atoms with Crippen molar-refractivity contribution in [3.8, 4) is 0 Å². The van der Waals surface area contributed by atoms with E-state index in [0.29, 0.717) is 5.56 Å². The lowest BCUT2D eigenvalue weighted by molar-refractivity contribution is -0.152. The summed E-state index contributed by atoms with van der Waals surface area (Å²) in [5.74, 6) is -2.37. The zero-order valence-electron chi connectivity index (χ0n) is 15.6. The van der Waals surface area contributed by atoms with E-state index in [-0.39, 0.29) is 17.3 Å². The van der Waals surface area contributed by atoms with Crippen LogP contribution < -0.4 is 10.6 Å². The third-order valence-electron chi connectivity index (χ3n) is 4.03. The normalized spacial score (nSPS) is 11.5. The van der Waals surface area contributed by atoms with E-state index in [0.717, 1.165) is 23.3 Å². The molecule has 2 aromatic rings. The van der Waals surface area contributed by atoms with Crippen LogP contribution in [0.4, 0.5) is 10.1 Å². The molecule has 2 rings (SSSR count). The second-order valence-electron chi connectivity index (χ2n) is 6.23. The zero-order chi connectivity index (χ0) is 20.8. The Hall–Kier alpha value is -2.93. The average molecular weight is 407 g/mol. The maximum atomic E-state index is 13.0. The van der Waals surface area contributed by atoms with Crippen LogP contribution in [-0.4, -0.2) is 30.4 Å². The first kappa shape index (κ1) is 21.4. The van der Waals surface area contributed by atoms with Crippen LogP contribution >= 0.6 is 11.6 Å². The molecule has 0 saturated heterocycles. The third kappa shape index (κ3) is 5.79. The highest BCUT2D eigenvalue weighted by Crippen LogP contribution is 2.22. The summed E-state index contributed by atoms with van der Waals surface area (Å²) < 4.78 is 18.0. The van der Waals surface area contributed by atoms with Gasteiger partial charge in [-0.1, -0.05) is 17.7 Å². The molecule has 0 bridgehead atoms. The van der Waals surface area contributed by atoms with E-state index in [1.807, 2.05) is 19.9 Å². The number of ether oxygens (including phenoxy) is 1. The van der Waals surface area contributed by atoms with E-state index in [2.05, 4.69) is 10.6 Å². The molecule has 1 atom stereocenters. The van der Waals surface area contributed by atoms with Crippen molar-refractivity contribution in [1.29, 1.82) is 0 Å². The largest absolute Gasteiger partial charge is 0.451 e. The SMILES string of the molecule is Cc1ccc(C(=O)NCC(=O)O[C@@H](C)C(=O)Nc2ccc(F)cc2Cl)cc1C. The Balaban J connectivity index is 1.85. The van der Waals surface area contributed by atoms with Crippen LogP contribution in [0.15, 0.2) is 36.4 Å². The number of amides is 2. The minimum absolute atomic E-state index is 0.0209. The van der Waals surface area contributed by atoms with Crippen molar-refractivity contribution in [1.82, 2.24) is 5.32 Å². The fourth-order valence-corrected chi connectivity index (χ4v) is 2.47. The van der Waals surface area contributed by atoms with Gasteiger partial charge in [0.05, 0.1) is 10.7 Å². The van der Waals surface area contributed by atoms with Crippen LogP contribution in [-0.2, 0) is 14.3 Å². The first-order valence-corrected chi connectivity index (χ1v) is 8.86. The van der Waals surface area contributed by atoms with Gasteiger partial charge in [0.1, 0.15) is 12.4 Å². The molecule has 0 radical (unpaired) electrons. The Labute approximate surface area is 167 Å². The molecule has 28 heavy (non-hydrogen) atoms. The molecule has 0 saturated carbocycles. The van der Waals surface area contributed by atoms with Crippen molar-refractivity contribution >= 4 is 35.1 Å². The van der Waals surface area contributed by atoms with Gasteiger partial charge in [0.2, 0.25) is 0 Å². The van der Waals surface area contributed by atoms with Crippen molar-refractivity contribution in [2.24, 2.45) is 0 Å². The molecule has 148 valence electrons. The quantitative estimate of drug-likeness (QED) is 0.720. The maximum Gasteiger partial charge on any atom is 0.326 e. The molecule has 2 amide bonds. The summed E-state index contributed by atoms with van der Waals surface area (Å²) in [6.07, 6.45) is -1.13. The molecular formula is C20H20ClFN2O4. The van der Waals surface area contributed by atoms with Crippen LogP contribution in [0.1, 0.15) is 28.4 Å². The van der Waals surface area contributed by atoms with Crippen LogP contribution in [0.5, 0.6) is 0 Å². The number of carbonyl (C=O) groups excluding carboxylic acids is 3. The maximum absolute atomic E-state index is 13.0. The molecule has 2 aromatic carbocycles. The number of rotatable bonds is 6. The van der Waals surface area contributed by atoms with Gasteiger partial charge in [-0.15, -0.1) is 0 Å². The predicted octanol–water partition coefficient (Wildman–Crippen LogP) is 3.40. The second kappa shape index (κ2) is 9.32. The molecule has 0 spiro atoms. The molecule has 0 aliphatic carbocycles. The summed E-state index contributed by atoms with van der Waals surface area (Å²) >= 11 is 5.84. The standard InChI is InChI=1S/C20H20ClFN2O4/c1-11-4-5-14(8-12(11)2)20(27)23-10-18(25)28-13(3)19(26)24-17-7-6-15(22)9-16(17)21/h4-9,13H,10H2,1-3H3,(H,23,27)(H,24,26)/t13-/m0/s1. The number of halogens is 2. The summed E-state index contributed by atoms with van der Waals surface area (Å²) in [7, 11) is 0. The van der Waals surface area contributed by atoms with Crippen molar-refractivity contribution < 1.29 is 23.5 Å².